The van der Waals surface area contributed by atoms with Gasteiger partial charge in [0.25, 0.3) is 5.91 Å². The monoisotopic (exact) mass is 308 g/mol. The molecule has 104 valence electrons. The molecule has 0 saturated carbocycles. The lowest BCUT2D eigenvalue weighted by atomic mass is 10.1. The quantitative estimate of drug-likeness (QED) is 0.839. The van der Waals surface area contributed by atoms with Crippen molar-refractivity contribution in [3.8, 4) is 0 Å². The van der Waals surface area contributed by atoms with E-state index in [1.807, 2.05) is 24.3 Å². The number of benzene rings is 1. The molecule has 1 amide bonds. The van der Waals surface area contributed by atoms with E-state index in [0.29, 0.717) is 5.56 Å². The molecule has 0 atom stereocenters. The number of aryl methyl sites for hydroxylation is 1. The van der Waals surface area contributed by atoms with E-state index >= 15 is 0 Å². The van der Waals surface area contributed by atoms with Crippen LogP contribution in [0.15, 0.2) is 36.5 Å². The molecule has 0 aliphatic rings. The molecule has 1 aromatic heterocycles. The smallest absolute Gasteiger partial charge is 0.257 e. The fourth-order valence-electron chi connectivity index (χ4n) is 1.91. The maximum absolute atomic E-state index is 12.3. The highest BCUT2D eigenvalue weighted by atomic mass is 35.5. The number of hydrogen-bond acceptors (Lipinski definition) is 2. The van der Waals surface area contributed by atoms with Crippen molar-refractivity contribution in [3.05, 3.63) is 57.8 Å². The van der Waals surface area contributed by atoms with E-state index in [0.717, 1.165) is 24.1 Å². The van der Waals surface area contributed by atoms with Gasteiger partial charge in [-0.1, -0.05) is 54.7 Å². The van der Waals surface area contributed by atoms with Crippen molar-refractivity contribution in [2.75, 3.05) is 5.32 Å². The average Bonchev–Trinajstić information content (AvgIpc) is 2.44. The second-order valence-corrected chi connectivity index (χ2v) is 5.14. The van der Waals surface area contributed by atoms with E-state index in [-0.39, 0.29) is 16.1 Å². The number of rotatable bonds is 4. The third-order valence-corrected chi connectivity index (χ3v) is 3.36. The maximum atomic E-state index is 12.3. The summed E-state index contributed by atoms with van der Waals surface area (Å²) in [7, 11) is 0. The Labute approximate surface area is 127 Å². The fraction of sp³-hybridized carbons (Fsp3) is 0.200. The van der Waals surface area contributed by atoms with E-state index in [1.165, 1.54) is 12.3 Å². The molecule has 20 heavy (non-hydrogen) atoms. The Bertz CT molecular complexity index is 629. The number of halogens is 2. The number of anilines is 1. The third-order valence-electron chi connectivity index (χ3n) is 2.85. The van der Waals surface area contributed by atoms with E-state index in [2.05, 4.69) is 17.2 Å². The first-order valence-corrected chi connectivity index (χ1v) is 7.07. The second kappa shape index (κ2) is 6.73. The Morgan fingerprint density at radius 1 is 1.30 bits per heavy atom. The van der Waals surface area contributed by atoms with Crippen LogP contribution in [0.3, 0.4) is 0 Å². The molecule has 0 fully saturated rings. The third kappa shape index (κ3) is 3.50. The van der Waals surface area contributed by atoms with Crippen LogP contribution in [0.1, 0.15) is 29.3 Å². The molecule has 1 N–H and O–H groups in total. The van der Waals surface area contributed by atoms with E-state index in [1.54, 1.807) is 0 Å². The molecule has 0 bridgehead atoms. The molecule has 1 aromatic carbocycles. The molecule has 0 aliphatic heterocycles. The van der Waals surface area contributed by atoms with Gasteiger partial charge in [-0.15, -0.1) is 0 Å². The van der Waals surface area contributed by atoms with Gasteiger partial charge in [0, 0.05) is 11.9 Å². The molecule has 3 nitrogen and oxygen atoms in total. The average molecular weight is 309 g/mol. The zero-order valence-electron chi connectivity index (χ0n) is 11.0. The summed E-state index contributed by atoms with van der Waals surface area (Å²) in [6.07, 6.45) is 3.28. The van der Waals surface area contributed by atoms with Crippen LogP contribution in [0.2, 0.25) is 10.2 Å². The van der Waals surface area contributed by atoms with Crippen LogP contribution in [0.25, 0.3) is 0 Å². The molecule has 5 heteroatoms. The molecule has 2 rings (SSSR count). The van der Waals surface area contributed by atoms with Crippen LogP contribution >= 0.6 is 23.2 Å². The number of nitrogens with zero attached hydrogens (tertiary/aromatic N) is 1. The zero-order chi connectivity index (χ0) is 14.5. The van der Waals surface area contributed by atoms with Gasteiger partial charge in [-0.2, -0.15) is 0 Å². The lowest BCUT2D eigenvalue weighted by Gasteiger charge is -2.11. The number of amides is 1. The largest absolute Gasteiger partial charge is 0.322 e. The normalized spacial score (nSPS) is 10.3. The first-order valence-electron chi connectivity index (χ1n) is 6.32. The molecule has 0 aliphatic carbocycles. The van der Waals surface area contributed by atoms with E-state index in [4.69, 9.17) is 23.2 Å². The molecule has 0 saturated heterocycles. The number of carbonyl (C=O) groups is 1. The van der Waals surface area contributed by atoms with Crippen molar-refractivity contribution in [3.63, 3.8) is 0 Å². The van der Waals surface area contributed by atoms with Gasteiger partial charge in [0.2, 0.25) is 0 Å². The summed E-state index contributed by atoms with van der Waals surface area (Å²) in [5, 5.41) is 3.38. The van der Waals surface area contributed by atoms with Crippen molar-refractivity contribution >= 4 is 34.8 Å². The Balaban J connectivity index is 2.26. The topological polar surface area (TPSA) is 42.0 Å². The number of aromatic nitrogens is 1. The van der Waals surface area contributed by atoms with Crippen LogP contribution in [0.5, 0.6) is 0 Å². The van der Waals surface area contributed by atoms with Crippen molar-refractivity contribution in [1.82, 2.24) is 4.98 Å². The molecular formula is C15H14Cl2N2O. The lowest BCUT2D eigenvalue weighted by molar-refractivity contribution is 0.102. The van der Waals surface area contributed by atoms with Crippen LogP contribution in [-0.4, -0.2) is 10.9 Å². The van der Waals surface area contributed by atoms with Crippen molar-refractivity contribution < 1.29 is 4.79 Å². The van der Waals surface area contributed by atoms with Crippen LogP contribution < -0.4 is 5.32 Å². The SMILES string of the molecule is CCCc1ccccc1NC(=O)c1cc(Cl)ncc1Cl. The molecule has 0 radical (unpaired) electrons. The Morgan fingerprint density at radius 3 is 2.80 bits per heavy atom. The van der Waals surface area contributed by atoms with Crippen molar-refractivity contribution in [2.24, 2.45) is 0 Å². The van der Waals surface area contributed by atoms with Gasteiger partial charge in [0.1, 0.15) is 5.15 Å². The highest BCUT2D eigenvalue weighted by Gasteiger charge is 2.13. The Morgan fingerprint density at radius 2 is 2.05 bits per heavy atom. The van der Waals surface area contributed by atoms with Gasteiger partial charge in [0.05, 0.1) is 10.6 Å². The number of nitrogens with one attached hydrogen (secondary N) is 1. The molecule has 2 aromatic rings. The van der Waals surface area contributed by atoms with Crippen LogP contribution in [-0.2, 0) is 6.42 Å². The summed E-state index contributed by atoms with van der Waals surface area (Å²) in [6.45, 7) is 2.10. The number of carbonyl (C=O) groups excluding carboxylic acids is 1. The summed E-state index contributed by atoms with van der Waals surface area (Å²) in [5.74, 6) is -0.289. The summed E-state index contributed by atoms with van der Waals surface area (Å²) >= 11 is 11.8. The van der Waals surface area contributed by atoms with Gasteiger partial charge in [0.15, 0.2) is 0 Å². The Hall–Kier alpha value is -1.58. The molecule has 1 heterocycles. The summed E-state index contributed by atoms with van der Waals surface area (Å²) < 4.78 is 0. The fourth-order valence-corrected chi connectivity index (χ4v) is 2.25. The molecule has 0 spiro atoms. The van der Waals surface area contributed by atoms with Gasteiger partial charge in [-0.3, -0.25) is 4.79 Å². The number of para-hydroxylation sites is 1. The van der Waals surface area contributed by atoms with Gasteiger partial charge >= 0.3 is 0 Å². The highest BCUT2D eigenvalue weighted by molar-refractivity contribution is 6.35. The van der Waals surface area contributed by atoms with Crippen LogP contribution in [0, 0.1) is 0 Å². The first-order chi connectivity index (χ1) is 9.61. The summed E-state index contributed by atoms with van der Waals surface area (Å²) in [4.78, 5) is 16.1. The molecular weight excluding hydrogens is 295 g/mol. The number of pyridine rings is 1. The van der Waals surface area contributed by atoms with Gasteiger partial charge in [-0.05, 0) is 24.1 Å². The predicted molar refractivity (Wildman–Crippen MR) is 82.6 cm³/mol. The van der Waals surface area contributed by atoms with Crippen LogP contribution in [0.4, 0.5) is 5.69 Å². The maximum Gasteiger partial charge on any atom is 0.257 e. The minimum atomic E-state index is -0.289. The highest BCUT2D eigenvalue weighted by Crippen LogP contribution is 2.22. The van der Waals surface area contributed by atoms with Gasteiger partial charge < -0.3 is 5.32 Å². The lowest BCUT2D eigenvalue weighted by Crippen LogP contribution is -2.14. The zero-order valence-corrected chi connectivity index (χ0v) is 12.5. The summed E-state index contributed by atoms with van der Waals surface area (Å²) in [6, 6.07) is 9.17. The minimum absolute atomic E-state index is 0.237. The van der Waals surface area contributed by atoms with Gasteiger partial charge in [-0.25, -0.2) is 4.98 Å². The minimum Gasteiger partial charge on any atom is -0.322 e. The van der Waals surface area contributed by atoms with E-state index in [9.17, 15) is 4.79 Å². The standard InChI is InChI=1S/C15H14Cl2N2O/c1-2-5-10-6-3-4-7-13(10)19-15(20)11-8-14(17)18-9-12(11)16/h3-4,6-9H,2,5H2,1H3,(H,19,20). The second-order valence-electron chi connectivity index (χ2n) is 4.35. The van der Waals surface area contributed by atoms with E-state index < -0.39 is 0 Å². The van der Waals surface area contributed by atoms with Crippen molar-refractivity contribution in [2.45, 2.75) is 19.8 Å². The molecule has 0 unspecified atom stereocenters. The Kier molecular flexibility index (Phi) is 4.99. The summed E-state index contributed by atoms with van der Waals surface area (Å²) in [5.41, 5.74) is 2.21. The predicted octanol–water partition coefficient (Wildman–Crippen LogP) is 4.59. The number of hydrogen-bond donors (Lipinski definition) is 1. The first kappa shape index (κ1) is 14.8. The van der Waals surface area contributed by atoms with Crippen molar-refractivity contribution in [1.29, 1.82) is 0 Å².